The predicted octanol–water partition coefficient (Wildman–Crippen LogP) is 2.11. The van der Waals surface area contributed by atoms with E-state index in [1.165, 1.54) is 0 Å². The topological polar surface area (TPSA) is 69.7 Å². The quantitative estimate of drug-likeness (QED) is 0.821. The maximum absolute atomic E-state index is 13.3. The number of para-hydroxylation sites is 1. The molecule has 150 valence electrons. The number of carbonyl (C=O) groups excluding carboxylic acids is 1. The molecular formula is C19H21F2N3O3S. The van der Waals surface area contributed by atoms with Crippen molar-refractivity contribution in [3.63, 3.8) is 0 Å². The Balaban J connectivity index is 1.60. The van der Waals surface area contributed by atoms with E-state index in [1.807, 2.05) is 31.3 Å². The minimum Gasteiger partial charge on any atom is -0.373 e. The van der Waals surface area contributed by atoms with Crippen molar-refractivity contribution in [1.82, 2.24) is 9.62 Å². The second-order valence-electron chi connectivity index (χ2n) is 6.59. The SMILES string of the molecule is CN1CCN(C(=O)CCNS(=O)(=O)c2ccc(F)c(F)c2)Cc2ccccc21. The van der Waals surface area contributed by atoms with Crippen molar-refractivity contribution in [3.8, 4) is 0 Å². The number of sulfonamides is 1. The lowest BCUT2D eigenvalue weighted by Gasteiger charge is -2.21. The Morgan fingerprint density at radius 2 is 1.86 bits per heavy atom. The summed E-state index contributed by atoms with van der Waals surface area (Å²) in [6.45, 7) is 1.52. The molecule has 28 heavy (non-hydrogen) atoms. The Morgan fingerprint density at radius 1 is 1.11 bits per heavy atom. The number of nitrogens with one attached hydrogen (secondary N) is 1. The van der Waals surface area contributed by atoms with Gasteiger partial charge in [-0.2, -0.15) is 0 Å². The molecule has 3 rings (SSSR count). The predicted molar refractivity (Wildman–Crippen MR) is 101 cm³/mol. The highest BCUT2D eigenvalue weighted by Crippen LogP contribution is 2.23. The number of anilines is 1. The van der Waals surface area contributed by atoms with Gasteiger partial charge in [-0.05, 0) is 29.8 Å². The zero-order valence-electron chi connectivity index (χ0n) is 15.4. The van der Waals surface area contributed by atoms with Crippen molar-refractivity contribution in [1.29, 1.82) is 0 Å². The summed E-state index contributed by atoms with van der Waals surface area (Å²) in [5, 5.41) is 0. The fraction of sp³-hybridized carbons (Fsp3) is 0.316. The van der Waals surface area contributed by atoms with Gasteiger partial charge in [0.25, 0.3) is 0 Å². The molecule has 0 spiro atoms. The molecule has 0 fully saturated rings. The Bertz CT molecular complexity index is 982. The summed E-state index contributed by atoms with van der Waals surface area (Å²) in [5.74, 6) is -2.55. The highest BCUT2D eigenvalue weighted by molar-refractivity contribution is 7.89. The van der Waals surface area contributed by atoms with Gasteiger partial charge in [0.1, 0.15) is 0 Å². The van der Waals surface area contributed by atoms with Gasteiger partial charge in [-0.25, -0.2) is 21.9 Å². The summed E-state index contributed by atoms with van der Waals surface area (Å²) in [4.78, 5) is 15.9. The molecule has 2 aromatic rings. The molecular weight excluding hydrogens is 388 g/mol. The van der Waals surface area contributed by atoms with E-state index in [0.29, 0.717) is 25.7 Å². The van der Waals surface area contributed by atoms with Crippen molar-refractivity contribution < 1.29 is 22.0 Å². The van der Waals surface area contributed by atoms with Crippen molar-refractivity contribution in [3.05, 3.63) is 59.7 Å². The summed E-state index contributed by atoms with van der Waals surface area (Å²) in [6, 6.07) is 10.2. The number of likely N-dealkylation sites (N-methyl/N-ethyl adjacent to an activating group) is 1. The smallest absolute Gasteiger partial charge is 0.240 e. The second kappa shape index (κ2) is 8.24. The van der Waals surface area contributed by atoms with Gasteiger partial charge in [-0.1, -0.05) is 18.2 Å². The molecule has 0 aromatic heterocycles. The second-order valence-corrected chi connectivity index (χ2v) is 8.36. The van der Waals surface area contributed by atoms with Crippen molar-refractivity contribution >= 4 is 21.6 Å². The molecule has 1 heterocycles. The maximum atomic E-state index is 13.3. The Morgan fingerprint density at radius 3 is 2.61 bits per heavy atom. The van der Waals surface area contributed by atoms with E-state index in [1.54, 1.807) is 4.90 Å². The molecule has 0 saturated carbocycles. The van der Waals surface area contributed by atoms with Gasteiger partial charge in [0.05, 0.1) is 4.90 Å². The summed E-state index contributed by atoms with van der Waals surface area (Å²) < 4.78 is 52.9. The van der Waals surface area contributed by atoms with Crippen LogP contribution in [-0.4, -0.2) is 45.9 Å². The lowest BCUT2D eigenvalue weighted by molar-refractivity contribution is -0.131. The van der Waals surface area contributed by atoms with Gasteiger partial charge < -0.3 is 9.80 Å². The molecule has 0 saturated heterocycles. The van der Waals surface area contributed by atoms with Crippen molar-refractivity contribution in [2.24, 2.45) is 0 Å². The highest BCUT2D eigenvalue weighted by Gasteiger charge is 2.22. The molecule has 1 amide bonds. The van der Waals surface area contributed by atoms with Crippen LogP contribution in [0.2, 0.25) is 0 Å². The highest BCUT2D eigenvalue weighted by atomic mass is 32.2. The van der Waals surface area contributed by atoms with E-state index < -0.39 is 21.7 Å². The number of carbonyl (C=O) groups is 1. The van der Waals surface area contributed by atoms with Crippen LogP contribution in [0, 0.1) is 11.6 Å². The third-order valence-corrected chi connectivity index (χ3v) is 6.11. The molecule has 0 radical (unpaired) electrons. The zero-order chi connectivity index (χ0) is 20.3. The van der Waals surface area contributed by atoms with E-state index >= 15 is 0 Å². The zero-order valence-corrected chi connectivity index (χ0v) is 16.2. The third kappa shape index (κ3) is 4.48. The summed E-state index contributed by atoms with van der Waals surface area (Å²) >= 11 is 0. The summed E-state index contributed by atoms with van der Waals surface area (Å²) in [5.41, 5.74) is 2.09. The number of nitrogens with zero attached hydrogens (tertiary/aromatic N) is 2. The van der Waals surface area contributed by atoms with Crippen molar-refractivity contribution in [2.45, 2.75) is 17.9 Å². The van der Waals surface area contributed by atoms with E-state index in [-0.39, 0.29) is 23.8 Å². The first kappa shape index (κ1) is 20.2. The fourth-order valence-corrected chi connectivity index (χ4v) is 4.13. The van der Waals surface area contributed by atoms with Gasteiger partial charge in [-0.15, -0.1) is 0 Å². The van der Waals surface area contributed by atoms with Gasteiger partial charge >= 0.3 is 0 Å². The first-order chi connectivity index (χ1) is 13.3. The number of hydrogen-bond acceptors (Lipinski definition) is 4. The number of fused-ring (bicyclic) bond motifs is 1. The molecule has 0 aliphatic carbocycles. The Kier molecular flexibility index (Phi) is 5.95. The summed E-state index contributed by atoms with van der Waals surface area (Å²) in [6.07, 6.45) is -0.0329. The van der Waals surface area contributed by atoms with Crippen LogP contribution in [0.5, 0.6) is 0 Å². The molecule has 0 bridgehead atoms. The van der Waals surface area contributed by atoms with Crippen LogP contribution in [0.4, 0.5) is 14.5 Å². The standard InChI is InChI=1S/C19H21F2N3O3S/c1-23-10-11-24(13-14-4-2-3-5-18(14)23)19(25)8-9-22-28(26,27)15-6-7-16(20)17(21)12-15/h2-7,12,22H,8-11,13H2,1H3. The third-order valence-electron chi connectivity index (χ3n) is 4.65. The van der Waals surface area contributed by atoms with Crippen LogP contribution < -0.4 is 9.62 Å². The Labute approximate surface area is 162 Å². The van der Waals surface area contributed by atoms with Crippen LogP contribution in [0.25, 0.3) is 0 Å². The molecule has 1 aliphatic heterocycles. The fourth-order valence-electron chi connectivity index (χ4n) is 3.08. The molecule has 1 N–H and O–H groups in total. The Hall–Kier alpha value is -2.52. The molecule has 1 aliphatic rings. The van der Waals surface area contributed by atoms with Gasteiger partial charge in [0.15, 0.2) is 11.6 Å². The van der Waals surface area contributed by atoms with Crippen molar-refractivity contribution in [2.75, 3.05) is 31.6 Å². The maximum Gasteiger partial charge on any atom is 0.240 e. The number of benzene rings is 2. The molecule has 6 nitrogen and oxygen atoms in total. The van der Waals surface area contributed by atoms with E-state index in [9.17, 15) is 22.0 Å². The monoisotopic (exact) mass is 409 g/mol. The lowest BCUT2D eigenvalue weighted by atomic mass is 10.1. The average Bonchev–Trinajstić information content (AvgIpc) is 2.83. The molecule has 0 unspecified atom stereocenters. The van der Waals surface area contributed by atoms with E-state index in [0.717, 1.165) is 23.4 Å². The van der Waals surface area contributed by atoms with Gasteiger partial charge in [-0.3, -0.25) is 4.79 Å². The van der Waals surface area contributed by atoms with Crippen LogP contribution in [0.15, 0.2) is 47.4 Å². The number of rotatable bonds is 5. The van der Waals surface area contributed by atoms with Crippen LogP contribution in [0.3, 0.4) is 0 Å². The minimum atomic E-state index is -4.03. The van der Waals surface area contributed by atoms with Crippen LogP contribution in [0.1, 0.15) is 12.0 Å². The normalized spacial score (nSPS) is 14.5. The van der Waals surface area contributed by atoms with Gasteiger partial charge in [0, 0.05) is 45.3 Å². The van der Waals surface area contributed by atoms with Gasteiger partial charge in [0.2, 0.25) is 15.9 Å². The lowest BCUT2D eigenvalue weighted by Crippen LogP contribution is -2.36. The average molecular weight is 409 g/mol. The first-order valence-corrected chi connectivity index (χ1v) is 10.3. The van der Waals surface area contributed by atoms with Crippen LogP contribution in [-0.2, 0) is 21.4 Å². The van der Waals surface area contributed by atoms with E-state index in [4.69, 9.17) is 0 Å². The molecule has 0 atom stereocenters. The number of halogens is 2. The number of amides is 1. The first-order valence-electron chi connectivity index (χ1n) is 8.79. The number of hydrogen-bond donors (Lipinski definition) is 1. The molecule has 9 heteroatoms. The minimum absolute atomic E-state index is 0.0329. The van der Waals surface area contributed by atoms with E-state index in [2.05, 4.69) is 9.62 Å². The van der Waals surface area contributed by atoms with Crippen LogP contribution >= 0.6 is 0 Å². The summed E-state index contributed by atoms with van der Waals surface area (Å²) in [7, 11) is -2.07. The largest absolute Gasteiger partial charge is 0.373 e. The molecule has 2 aromatic carbocycles.